The van der Waals surface area contributed by atoms with Gasteiger partial charge in [-0.05, 0) is 63.8 Å². The van der Waals surface area contributed by atoms with Crippen LogP contribution in [0, 0.1) is 12.7 Å². The molecule has 1 amide bonds. The average Bonchev–Trinajstić information content (AvgIpc) is 2.75. The average molecular weight is 485 g/mol. The number of aryl methyl sites for hydroxylation is 1. The number of ether oxygens (including phenoxy) is 2. The summed E-state index contributed by atoms with van der Waals surface area (Å²) < 4.78 is 25.0. The number of methoxy groups -OCH3 is 1. The lowest BCUT2D eigenvalue weighted by Crippen LogP contribution is -2.19. The monoisotopic (exact) mass is 484 g/mol. The van der Waals surface area contributed by atoms with Gasteiger partial charge in [0, 0.05) is 0 Å². The van der Waals surface area contributed by atoms with Crippen LogP contribution in [0.1, 0.15) is 22.3 Å². The molecule has 0 saturated carbocycles. The van der Waals surface area contributed by atoms with E-state index in [-0.39, 0.29) is 18.1 Å². The van der Waals surface area contributed by atoms with Gasteiger partial charge in [-0.2, -0.15) is 5.10 Å². The van der Waals surface area contributed by atoms with E-state index in [4.69, 9.17) is 9.47 Å². The van der Waals surface area contributed by atoms with Gasteiger partial charge in [0.15, 0.2) is 11.5 Å². The van der Waals surface area contributed by atoms with E-state index in [1.165, 1.54) is 23.9 Å². The largest absolute Gasteiger partial charge is 0.493 e. The highest BCUT2D eigenvalue weighted by Crippen LogP contribution is 2.36. The zero-order valence-corrected chi connectivity index (χ0v) is 18.8. The van der Waals surface area contributed by atoms with E-state index in [0.29, 0.717) is 33.7 Å². The van der Waals surface area contributed by atoms with Crippen LogP contribution >= 0.6 is 15.9 Å². The van der Waals surface area contributed by atoms with Gasteiger partial charge in [-0.1, -0.05) is 42.0 Å². The summed E-state index contributed by atoms with van der Waals surface area (Å²) in [5.41, 5.74) is 6.13. The van der Waals surface area contributed by atoms with E-state index < -0.39 is 0 Å². The van der Waals surface area contributed by atoms with E-state index >= 15 is 0 Å². The molecule has 0 heterocycles. The van der Waals surface area contributed by atoms with Crippen LogP contribution in [0.3, 0.4) is 0 Å². The molecule has 160 valence electrons. The second-order valence-corrected chi connectivity index (χ2v) is 7.76. The SMILES string of the molecule is COc1cc(/C=N/NC(=O)Cc2ccc(F)cc2)cc(Br)c1OCc1ccc(C)cc1. The molecule has 3 aromatic carbocycles. The fourth-order valence-electron chi connectivity index (χ4n) is 2.80. The van der Waals surface area contributed by atoms with Crippen molar-refractivity contribution in [1.29, 1.82) is 0 Å². The first-order valence-corrected chi connectivity index (χ1v) is 10.4. The van der Waals surface area contributed by atoms with Gasteiger partial charge in [0.25, 0.3) is 0 Å². The highest BCUT2D eigenvalue weighted by Gasteiger charge is 2.12. The maximum atomic E-state index is 12.9. The van der Waals surface area contributed by atoms with Gasteiger partial charge in [-0.25, -0.2) is 9.82 Å². The number of carbonyl (C=O) groups excluding carboxylic acids is 1. The van der Waals surface area contributed by atoms with Crippen LogP contribution in [0.5, 0.6) is 11.5 Å². The van der Waals surface area contributed by atoms with Crippen molar-refractivity contribution in [3.63, 3.8) is 0 Å². The second kappa shape index (κ2) is 10.7. The van der Waals surface area contributed by atoms with Crippen LogP contribution in [0.15, 0.2) is 70.2 Å². The van der Waals surface area contributed by atoms with Gasteiger partial charge >= 0.3 is 0 Å². The fraction of sp³-hybridized carbons (Fsp3) is 0.167. The summed E-state index contributed by atoms with van der Waals surface area (Å²) in [7, 11) is 1.56. The molecule has 0 fully saturated rings. The number of amides is 1. The predicted molar refractivity (Wildman–Crippen MR) is 122 cm³/mol. The number of halogens is 2. The van der Waals surface area contributed by atoms with E-state index in [1.54, 1.807) is 25.3 Å². The van der Waals surface area contributed by atoms with E-state index in [9.17, 15) is 9.18 Å². The van der Waals surface area contributed by atoms with Crippen LogP contribution < -0.4 is 14.9 Å². The molecular formula is C24H22BrFN2O3. The zero-order chi connectivity index (χ0) is 22.2. The summed E-state index contributed by atoms with van der Waals surface area (Å²) in [5, 5.41) is 3.99. The van der Waals surface area contributed by atoms with Crippen LogP contribution in [-0.2, 0) is 17.8 Å². The Bertz CT molecular complexity index is 1070. The molecule has 31 heavy (non-hydrogen) atoms. The van der Waals surface area contributed by atoms with Crippen molar-refractivity contribution < 1.29 is 18.7 Å². The molecule has 3 aromatic rings. The summed E-state index contributed by atoms with van der Waals surface area (Å²) >= 11 is 3.51. The van der Waals surface area contributed by atoms with Gasteiger partial charge in [-0.3, -0.25) is 4.79 Å². The van der Waals surface area contributed by atoms with Crippen molar-refractivity contribution in [2.24, 2.45) is 5.10 Å². The third-order valence-electron chi connectivity index (χ3n) is 4.44. The number of carbonyl (C=O) groups is 1. The van der Waals surface area contributed by atoms with Crippen LogP contribution in [0.2, 0.25) is 0 Å². The van der Waals surface area contributed by atoms with E-state index in [2.05, 4.69) is 26.5 Å². The maximum Gasteiger partial charge on any atom is 0.244 e. The van der Waals surface area contributed by atoms with Crippen molar-refractivity contribution in [3.8, 4) is 11.5 Å². The molecular weight excluding hydrogens is 463 g/mol. The summed E-state index contributed by atoms with van der Waals surface area (Å²) in [6, 6.07) is 17.5. The summed E-state index contributed by atoms with van der Waals surface area (Å²) in [6.45, 7) is 2.44. The Kier molecular flexibility index (Phi) is 7.78. The number of hydrogen-bond donors (Lipinski definition) is 1. The molecule has 0 saturated heterocycles. The molecule has 7 heteroatoms. The number of hydrogen-bond acceptors (Lipinski definition) is 4. The molecule has 0 atom stereocenters. The Morgan fingerprint density at radius 1 is 1.10 bits per heavy atom. The molecule has 5 nitrogen and oxygen atoms in total. The van der Waals surface area contributed by atoms with Gasteiger partial charge in [-0.15, -0.1) is 0 Å². The van der Waals surface area contributed by atoms with Crippen LogP contribution in [0.4, 0.5) is 4.39 Å². The molecule has 1 N–H and O–H groups in total. The Hall–Kier alpha value is -3.19. The molecule has 0 aliphatic rings. The minimum absolute atomic E-state index is 0.108. The molecule has 0 bridgehead atoms. The first kappa shape index (κ1) is 22.5. The quantitative estimate of drug-likeness (QED) is 0.354. The molecule has 0 aromatic heterocycles. The smallest absolute Gasteiger partial charge is 0.244 e. The van der Waals surface area contributed by atoms with Gasteiger partial charge in [0.1, 0.15) is 12.4 Å². The zero-order valence-electron chi connectivity index (χ0n) is 17.2. The van der Waals surface area contributed by atoms with Crippen molar-refractivity contribution in [2.75, 3.05) is 7.11 Å². The third-order valence-corrected chi connectivity index (χ3v) is 5.03. The Morgan fingerprint density at radius 2 is 1.77 bits per heavy atom. The fourth-order valence-corrected chi connectivity index (χ4v) is 3.37. The minimum atomic E-state index is -0.340. The van der Waals surface area contributed by atoms with Gasteiger partial charge in [0.2, 0.25) is 5.91 Å². The van der Waals surface area contributed by atoms with E-state index in [0.717, 1.165) is 5.56 Å². The third kappa shape index (κ3) is 6.65. The molecule has 0 spiro atoms. The highest BCUT2D eigenvalue weighted by molar-refractivity contribution is 9.10. The lowest BCUT2D eigenvalue weighted by atomic mass is 10.1. The summed E-state index contributed by atoms with van der Waals surface area (Å²) in [6.07, 6.45) is 1.62. The lowest BCUT2D eigenvalue weighted by molar-refractivity contribution is -0.120. The van der Waals surface area contributed by atoms with Crippen molar-refractivity contribution in [3.05, 3.63) is 93.2 Å². The molecule has 0 aliphatic heterocycles. The Morgan fingerprint density at radius 3 is 2.45 bits per heavy atom. The number of rotatable bonds is 8. The minimum Gasteiger partial charge on any atom is -0.493 e. The second-order valence-electron chi connectivity index (χ2n) is 6.90. The van der Waals surface area contributed by atoms with Crippen molar-refractivity contribution in [2.45, 2.75) is 20.0 Å². The van der Waals surface area contributed by atoms with Crippen molar-refractivity contribution >= 4 is 28.1 Å². The molecule has 0 aliphatic carbocycles. The highest BCUT2D eigenvalue weighted by atomic mass is 79.9. The number of nitrogens with one attached hydrogen (secondary N) is 1. The number of benzene rings is 3. The molecule has 3 rings (SSSR count). The standard InChI is InChI=1S/C24H22BrFN2O3/c1-16-3-5-18(6-4-16)15-31-24-21(25)11-19(12-22(24)30-2)14-27-28-23(29)13-17-7-9-20(26)10-8-17/h3-12,14H,13,15H2,1-2H3,(H,28,29)/b27-14+. The Labute approximate surface area is 189 Å². The number of nitrogens with zero attached hydrogens (tertiary/aromatic N) is 1. The molecule has 0 unspecified atom stereocenters. The van der Waals surface area contributed by atoms with Crippen LogP contribution in [0.25, 0.3) is 0 Å². The van der Waals surface area contributed by atoms with Crippen LogP contribution in [-0.4, -0.2) is 19.2 Å². The van der Waals surface area contributed by atoms with E-state index in [1.807, 2.05) is 37.3 Å². The van der Waals surface area contributed by atoms with Gasteiger partial charge in [0.05, 0.1) is 24.2 Å². The maximum absolute atomic E-state index is 12.9. The lowest BCUT2D eigenvalue weighted by Gasteiger charge is -2.13. The summed E-state index contributed by atoms with van der Waals surface area (Å²) in [5.74, 6) is 0.487. The Balaban J connectivity index is 1.62. The summed E-state index contributed by atoms with van der Waals surface area (Å²) in [4.78, 5) is 12.0. The normalized spacial score (nSPS) is 10.8. The first-order valence-electron chi connectivity index (χ1n) is 9.57. The van der Waals surface area contributed by atoms with Gasteiger partial charge < -0.3 is 9.47 Å². The predicted octanol–water partition coefficient (Wildman–Crippen LogP) is 5.18. The first-order chi connectivity index (χ1) is 14.9. The number of hydrazone groups is 1. The molecule has 0 radical (unpaired) electrons. The van der Waals surface area contributed by atoms with Crippen molar-refractivity contribution in [1.82, 2.24) is 5.43 Å². The topological polar surface area (TPSA) is 59.9 Å².